The number of rotatable bonds is 5. The number of nitrogens with one attached hydrogen (secondary N) is 1. The van der Waals surface area contributed by atoms with Gasteiger partial charge in [0.1, 0.15) is 10.1 Å². The largest absolute Gasteiger partial charge is 0.496 e. The van der Waals surface area contributed by atoms with E-state index in [0.717, 1.165) is 28.0 Å². The minimum atomic E-state index is -0.229. The van der Waals surface area contributed by atoms with Crippen molar-refractivity contribution >= 4 is 50.3 Å². The zero-order chi connectivity index (χ0) is 16.9. The molecule has 0 fully saturated rings. The SMILES string of the molecule is COc1ccccc1-c1nnc(NC(=O)[C@@H](C)SC2=NCCS2)s1. The fourth-order valence-electron chi connectivity index (χ4n) is 2.00. The summed E-state index contributed by atoms with van der Waals surface area (Å²) < 4.78 is 6.31. The summed E-state index contributed by atoms with van der Waals surface area (Å²) in [5.74, 6) is 1.62. The third-order valence-electron chi connectivity index (χ3n) is 3.20. The molecule has 1 N–H and O–H groups in total. The molecule has 1 aromatic carbocycles. The number of benzene rings is 1. The monoisotopic (exact) mass is 380 g/mol. The second-order valence-electron chi connectivity index (χ2n) is 4.86. The molecule has 1 atom stereocenters. The highest BCUT2D eigenvalue weighted by molar-refractivity contribution is 8.39. The molecule has 0 saturated carbocycles. The number of anilines is 1. The van der Waals surface area contributed by atoms with Crippen LogP contribution < -0.4 is 10.1 Å². The number of hydrogen-bond donors (Lipinski definition) is 1. The lowest BCUT2D eigenvalue weighted by atomic mass is 10.2. The number of hydrogen-bond acceptors (Lipinski definition) is 8. The number of methoxy groups -OCH3 is 1. The van der Waals surface area contributed by atoms with Crippen LogP contribution in [0, 0.1) is 0 Å². The van der Waals surface area contributed by atoms with Crippen LogP contribution in [0.1, 0.15) is 6.92 Å². The van der Waals surface area contributed by atoms with Crippen molar-refractivity contribution in [2.24, 2.45) is 4.99 Å². The highest BCUT2D eigenvalue weighted by atomic mass is 32.2. The molecule has 2 heterocycles. The Morgan fingerprint density at radius 3 is 2.96 bits per heavy atom. The zero-order valence-corrected chi connectivity index (χ0v) is 15.6. The molecule has 3 rings (SSSR count). The number of aliphatic imine (C=N–C) groups is 1. The van der Waals surface area contributed by atoms with E-state index in [4.69, 9.17) is 4.74 Å². The van der Waals surface area contributed by atoms with Gasteiger partial charge in [-0.25, -0.2) is 0 Å². The van der Waals surface area contributed by atoms with Crippen molar-refractivity contribution in [3.05, 3.63) is 24.3 Å². The molecule has 1 aliphatic rings. The van der Waals surface area contributed by atoms with Gasteiger partial charge >= 0.3 is 0 Å². The number of para-hydroxylation sites is 1. The van der Waals surface area contributed by atoms with Crippen LogP contribution in [0.3, 0.4) is 0 Å². The lowest BCUT2D eigenvalue weighted by molar-refractivity contribution is -0.115. The molecule has 1 aliphatic heterocycles. The number of ether oxygens (including phenoxy) is 1. The summed E-state index contributed by atoms with van der Waals surface area (Å²) in [7, 11) is 1.62. The van der Waals surface area contributed by atoms with Gasteiger partial charge in [0.15, 0.2) is 5.01 Å². The van der Waals surface area contributed by atoms with Crippen LogP contribution in [0.15, 0.2) is 29.3 Å². The Hall–Kier alpha value is -1.58. The van der Waals surface area contributed by atoms with Crippen molar-refractivity contribution < 1.29 is 9.53 Å². The molecule has 0 radical (unpaired) electrons. The van der Waals surface area contributed by atoms with Crippen molar-refractivity contribution in [1.29, 1.82) is 0 Å². The first-order valence-electron chi connectivity index (χ1n) is 7.29. The Morgan fingerprint density at radius 2 is 2.21 bits per heavy atom. The van der Waals surface area contributed by atoms with Gasteiger partial charge in [-0.15, -0.1) is 10.2 Å². The average molecular weight is 381 g/mol. The maximum Gasteiger partial charge on any atom is 0.239 e. The number of nitrogens with zero attached hydrogens (tertiary/aromatic N) is 3. The smallest absolute Gasteiger partial charge is 0.239 e. The molecule has 0 aliphatic carbocycles. The van der Waals surface area contributed by atoms with Crippen LogP contribution >= 0.6 is 34.9 Å². The Balaban J connectivity index is 1.66. The van der Waals surface area contributed by atoms with Gasteiger partial charge < -0.3 is 4.74 Å². The highest BCUT2D eigenvalue weighted by Crippen LogP contribution is 2.33. The molecule has 0 spiro atoms. The van der Waals surface area contributed by atoms with Crippen LogP contribution in [0.4, 0.5) is 5.13 Å². The van der Waals surface area contributed by atoms with E-state index in [0.29, 0.717) is 10.1 Å². The number of amides is 1. The highest BCUT2D eigenvalue weighted by Gasteiger charge is 2.20. The number of thioether (sulfide) groups is 2. The Labute approximate surface area is 152 Å². The normalized spacial score (nSPS) is 15.0. The van der Waals surface area contributed by atoms with E-state index in [1.807, 2.05) is 31.2 Å². The van der Waals surface area contributed by atoms with Crippen LogP contribution in [-0.2, 0) is 4.79 Å². The molecule has 1 amide bonds. The van der Waals surface area contributed by atoms with Crippen molar-refractivity contribution in [1.82, 2.24) is 10.2 Å². The first-order chi connectivity index (χ1) is 11.7. The predicted octanol–water partition coefficient (Wildman–Crippen LogP) is 3.38. The molecular weight excluding hydrogens is 364 g/mol. The van der Waals surface area contributed by atoms with Gasteiger partial charge in [0.05, 0.1) is 24.5 Å². The van der Waals surface area contributed by atoms with Crippen LogP contribution in [0.2, 0.25) is 0 Å². The van der Waals surface area contributed by atoms with Crippen LogP contribution in [0.25, 0.3) is 10.6 Å². The summed E-state index contributed by atoms with van der Waals surface area (Å²) in [6.07, 6.45) is 0. The lowest BCUT2D eigenvalue weighted by Crippen LogP contribution is -2.23. The summed E-state index contributed by atoms with van der Waals surface area (Å²) in [4.78, 5) is 16.6. The van der Waals surface area contributed by atoms with Crippen LogP contribution in [-0.4, -0.2) is 45.1 Å². The molecule has 1 aromatic heterocycles. The molecule has 6 nitrogen and oxygen atoms in total. The van der Waals surface area contributed by atoms with E-state index in [9.17, 15) is 4.79 Å². The topological polar surface area (TPSA) is 76.5 Å². The van der Waals surface area contributed by atoms with Gasteiger partial charge in [0, 0.05) is 5.75 Å². The molecule has 2 aromatic rings. The maximum atomic E-state index is 12.3. The van der Waals surface area contributed by atoms with Gasteiger partial charge in [-0.3, -0.25) is 15.1 Å². The second kappa shape index (κ2) is 8.00. The third-order valence-corrected chi connectivity index (χ3v) is 6.37. The Morgan fingerprint density at radius 1 is 1.38 bits per heavy atom. The summed E-state index contributed by atoms with van der Waals surface area (Å²) in [6.45, 7) is 2.70. The fraction of sp³-hybridized carbons (Fsp3) is 0.333. The molecular formula is C15H16N4O2S3. The summed E-state index contributed by atoms with van der Waals surface area (Å²) in [5.41, 5.74) is 0.858. The van der Waals surface area contributed by atoms with E-state index in [2.05, 4.69) is 20.5 Å². The zero-order valence-electron chi connectivity index (χ0n) is 13.2. The minimum absolute atomic E-state index is 0.0991. The Bertz CT molecular complexity index is 763. The predicted molar refractivity (Wildman–Crippen MR) is 102 cm³/mol. The molecule has 9 heteroatoms. The third kappa shape index (κ3) is 4.08. The van der Waals surface area contributed by atoms with Gasteiger partial charge in [-0.1, -0.05) is 47.0 Å². The van der Waals surface area contributed by atoms with E-state index >= 15 is 0 Å². The number of carbonyl (C=O) groups is 1. The standard InChI is InChI=1S/C15H16N4O2S3/c1-9(23-15-16-7-8-22-15)12(20)17-14-19-18-13(24-14)10-5-3-4-6-11(10)21-2/h3-6,9H,7-8H2,1-2H3,(H,17,19,20)/t9-/m1/s1. The van der Waals surface area contributed by atoms with Crippen molar-refractivity contribution in [2.45, 2.75) is 12.2 Å². The van der Waals surface area contributed by atoms with E-state index in [1.54, 1.807) is 18.9 Å². The summed E-state index contributed by atoms with van der Waals surface area (Å²) in [6, 6.07) is 7.59. The van der Waals surface area contributed by atoms with Gasteiger partial charge in [0.25, 0.3) is 0 Å². The lowest BCUT2D eigenvalue weighted by Gasteiger charge is -2.09. The number of aromatic nitrogens is 2. The first-order valence-corrected chi connectivity index (χ1v) is 9.97. The van der Waals surface area contributed by atoms with Crippen molar-refractivity contribution in [2.75, 3.05) is 24.7 Å². The van der Waals surface area contributed by atoms with Gasteiger partial charge in [-0.05, 0) is 19.1 Å². The second-order valence-corrected chi connectivity index (χ2v) is 8.51. The Kier molecular flexibility index (Phi) is 5.75. The molecule has 0 bridgehead atoms. The van der Waals surface area contributed by atoms with E-state index in [1.165, 1.54) is 23.1 Å². The minimum Gasteiger partial charge on any atom is -0.496 e. The number of carbonyl (C=O) groups excluding carboxylic acids is 1. The first kappa shape index (κ1) is 17.2. The van der Waals surface area contributed by atoms with E-state index in [-0.39, 0.29) is 11.2 Å². The quantitative estimate of drug-likeness (QED) is 0.857. The average Bonchev–Trinajstić information content (AvgIpc) is 3.26. The fourth-order valence-corrected chi connectivity index (χ4v) is 4.91. The maximum absolute atomic E-state index is 12.3. The molecule has 0 unspecified atom stereocenters. The summed E-state index contributed by atoms with van der Waals surface area (Å²) >= 11 is 4.50. The van der Waals surface area contributed by atoms with E-state index < -0.39 is 0 Å². The molecule has 126 valence electrons. The van der Waals surface area contributed by atoms with Crippen molar-refractivity contribution in [3.63, 3.8) is 0 Å². The van der Waals surface area contributed by atoms with Crippen molar-refractivity contribution in [3.8, 4) is 16.3 Å². The molecule has 0 saturated heterocycles. The summed E-state index contributed by atoms with van der Waals surface area (Å²) in [5, 5.41) is 12.0. The van der Waals surface area contributed by atoms with Crippen LogP contribution in [0.5, 0.6) is 5.75 Å². The molecule has 24 heavy (non-hydrogen) atoms. The van der Waals surface area contributed by atoms with Gasteiger partial charge in [0.2, 0.25) is 11.0 Å². The van der Waals surface area contributed by atoms with Gasteiger partial charge in [-0.2, -0.15) is 0 Å².